The van der Waals surface area contributed by atoms with Crippen LogP contribution in [0.4, 0.5) is 0 Å². The van der Waals surface area contributed by atoms with Crippen molar-refractivity contribution in [1.82, 2.24) is 0 Å². The molecule has 0 aliphatic carbocycles. The Hall–Kier alpha value is -0.610. The number of ether oxygens (including phenoxy) is 2. The minimum atomic E-state index is -0.825. The van der Waals surface area contributed by atoms with E-state index in [1.165, 1.54) is 0 Å². The van der Waals surface area contributed by atoms with Crippen molar-refractivity contribution in [3.05, 3.63) is 0 Å². The van der Waals surface area contributed by atoms with Crippen LogP contribution in [0.3, 0.4) is 0 Å². The molecule has 0 aromatic carbocycles. The van der Waals surface area contributed by atoms with Gasteiger partial charge in [-0.05, 0) is 32.1 Å². The van der Waals surface area contributed by atoms with Gasteiger partial charge in [0.1, 0.15) is 12.1 Å². The molecule has 16 heavy (non-hydrogen) atoms. The van der Waals surface area contributed by atoms with Gasteiger partial charge >= 0.3 is 5.97 Å². The third kappa shape index (κ3) is 3.46. The normalized spacial score (nSPS) is 21.8. The second-order valence-corrected chi connectivity index (χ2v) is 4.45. The summed E-state index contributed by atoms with van der Waals surface area (Å²) in [5.41, 5.74) is 5.12. The van der Waals surface area contributed by atoms with E-state index in [1.54, 1.807) is 0 Å². The first-order valence-electron chi connectivity index (χ1n) is 6.20. The molecule has 1 saturated heterocycles. The highest BCUT2D eigenvalue weighted by atomic mass is 16.6. The second kappa shape index (κ2) is 6.21. The fourth-order valence-electron chi connectivity index (χ4n) is 1.79. The molecule has 0 saturated carbocycles. The van der Waals surface area contributed by atoms with Crippen molar-refractivity contribution in [1.29, 1.82) is 0 Å². The van der Waals surface area contributed by atoms with Crippen molar-refractivity contribution >= 4 is 5.97 Å². The van der Waals surface area contributed by atoms with Gasteiger partial charge < -0.3 is 15.2 Å². The minimum Gasteiger partial charge on any atom is -0.462 e. The summed E-state index contributed by atoms with van der Waals surface area (Å²) in [5, 5.41) is 0. The van der Waals surface area contributed by atoms with E-state index in [0.717, 1.165) is 25.9 Å². The van der Waals surface area contributed by atoms with Gasteiger partial charge in [-0.25, -0.2) is 0 Å². The smallest absolute Gasteiger partial charge is 0.326 e. The molecule has 1 heterocycles. The Labute approximate surface area is 97.5 Å². The van der Waals surface area contributed by atoms with Crippen LogP contribution >= 0.6 is 0 Å². The number of hydrogen-bond donors (Lipinski definition) is 1. The molecule has 1 aliphatic heterocycles. The predicted molar refractivity (Wildman–Crippen MR) is 62.1 cm³/mol. The largest absolute Gasteiger partial charge is 0.462 e. The Kier molecular flexibility index (Phi) is 5.22. The van der Waals surface area contributed by atoms with Crippen LogP contribution in [0.1, 0.15) is 46.0 Å². The Balaban J connectivity index is 2.33. The highest BCUT2D eigenvalue weighted by molar-refractivity contribution is 5.80. The van der Waals surface area contributed by atoms with Gasteiger partial charge in [0.05, 0.1) is 6.10 Å². The van der Waals surface area contributed by atoms with E-state index in [4.69, 9.17) is 15.2 Å². The maximum atomic E-state index is 11.8. The summed E-state index contributed by atoms with van der Waals surface area (Å²) in [6.07, 6.45) is 4.51. The van der Waals surface area contributed by atoms with Gasteiger partial charge in [0.25, 0.3) is 0 Å². The number of carbonyl (C=O) groups excluding carboxylic acids is 1. The maximum Gasteiger partial charge on any atom is 0.326 e. The van der Waals surface area contributed by atoms with E-state index in [1.807, 2.05) is 13.8 Å². The Bertz CT molecular complexity index is 220. The Morgan fingerprint density at radius 2 is 2.12 bits per heavy atom. The van der Waals surface area contributed by atoms with Crippen LogP contribution in [0.5, 0.6) is 0 Å². The number of rotatable bonds is 5. The van der Waals surface area contributed by atoms with Crippen molar-refractivity contribution < 1.29 is 14.3 Å². The van der Waals surface area contributed by atoms with E-state index >= 15 is 0 Å². The van der Waals surface area contributed by atoms with Crippen molar-refractivity contribution in [3.8, 4) is 0 Å². The molecule has 4 heteroatoms. The van der Waals surface area contributed by atoms with E-state index in [-0.39, 0.29) is 12.1 Å². The maximum absolute atomic E-state index is 11.8. The van der Waals surface area contributed by atoms with Crippen LogP contribution in [-0.2, 0) is 14.3 Å². The summed E-state index contributed by atoms with van der Waals surface area (Å²) < 4.78 is 10.7. The van der Waals surface area contributed by atoms with Crippen molar-refractivity contribution in [2.45, 2.75) is 57.6 Å². The second-order valence-electron chi connectivity index (χ2n) is 4.45. The average Bonchev–Trinajstić information content (AvgIpc) is 2.36. The SMILES string of the molecule is CCC(N)(CC)C(=O)OCC1CCCCO1. The van der Waals surface area contributed by atoms with Crippen molar-refractivity contribution in [3.63, 3.8) is 0 Å². The van der Waals surface area contributed by atoms with Gasteiger partial charge in [0.15, 0.2) is 0 Å². The number of nitrogens with two attached hydrogens (primary N) is 1. The molecular formula is C12H23NO3. The highest BCUT2D eigenvalue weighted by Gasteiger charge is 2.32. The lowest BCUT2D eigenvalue weighted by atomic mass is 9.94. The zero-order valence-corrected chi connectivity index (χ0v) is 10.3. The highest BCUT2D eigenvalue weighted by Crippen LogP contribution is 2.16. The average molecular weight is 229 g/mol. The monoisotopic (exact) mass is 229 g/mol. The molecule has 0 amide bonds. The zero-order valence-electron chi connectivity index (χ0n) is 10.3. The molecule has 0 aromatic rings. The molecule has 1 unspecified atom stereocenters. The van der Waals surface area contributed by atoms with Crippen LogP contribution in [0, 0.1) is 0 Å². The molecule has 1 aliphatic rings. The summed E-state index contributed by atoms with van der Waals surface area (Å²) in [5.74, 6) is -0.299. The first-order valence-corrected chi connectivity index (χ1v) is 6.20. The summed E-state index contributed by atoms with van der Waals surface area (Å²) in [7, 11) is 0. The Morgan fingerprint density at radius 3 is 2.62 bits per heavy atom. The van der Waals surface area contributed by atoms with Crippen molar-refractivity contribution in [2.24, 2.45) is 5.73 Å². The van der Waals surface area contributed by atoms with Crippen LogP contribution in [0.15, 0.2) is 0 Å². The topological polar surface area (TPSA) is 61.6 Å². The van der Waals surface area contributed by atoms with Crippen LogP contribution < -0.4 is 5.73 Å². The van der Waals surface area contributed by atoms with Crippen LogP contribution in [0.25, 0.3) is 0 Å². The zero-order chi connectivity index (χ0) is 12.0. The van der Waals surface area contributed by atoms with Gasteiger partial charge in [-0.2, -0.15) is 0 Å². The lowest BCUT2D eigenvalue weighted by molar-refractivity contribution is -0.155. The van der Waals surface area contributed by atoms with E-state index in [0.29, 0.717) is 19.4 Å². The molecule has 0 radical (unpaired) electrons. The standard InChI is InChI=1S/C12H23NO3/c1-3-12(13,4-2)11(14)16-9-10-7-5-6-8-15-10/h10H,3-9,13H2,1-2H3. The molecule has 2 N–H and O–H groups in total. The van der Waals surface area contributed by atoms with Crippen LogP contribution in [-0.4, -0.2) is 30.8 Å². The summed E-state index contributed by atoms with van der Waals surface area (Å²) >= 11 is 0. The number of esters is 1. The lowest BCUT2D eigenvalue weighted by Gasteiger charge is -2.27. The third-order valence-electron chi connectivity index (χ3n) is 3.34. The van der Waals surface area contributed by atoms with Gasteiger partial charge in [0.2, 0.25) is 0 Å². The minimum absolute atomic E-state index is 0.0654. The molecular weight excluding hydrogens is 206 g/mol. The third-order valence-corrected chi connectivity index (χ3v) is 3.34. The van der Waals surface area contributed by atoms with Gasteiger partial charge in [-0.1, -0.05) is 13.8 Å². The molecule has 1 fully saturated rings. The van der Waals surface area contributed by atoms with Crippen molar-refractivity contribution in [2.75, 3.05) is 13.2 Å². The molecule has 0 bridgehead atoms. The van der Waals surface area contributed by atoms with Gasteiger partial charge in [-0.3, -0.25) is 4.79 Å². The fraction of sp³-hybridized carbons (Fsp3) is 0.917. The van der Waals surface area contributed by atoms with Gasteiger partial charge in [0, 0.05) is 6.61 Å². The first kappa shape index (κ1) is 13.5. The quantitative estimate of drug-likeness (QED) is 0.728. The van der Waals surface area contributed by atoms with E-state index < -0.39 is 5.54 Å². The molecule has 0 aromatic heterocycles. The molecule has 0 spiro atoms. The first-order chi connectivity index (χ1) is 7.62. The lowest BCUT2D eigenvalue weighted by Crippen LogP contribution is -2.48. The fourth-order valence-corrected chi connectivity index (χ4v) is 1.79. The molecule has 94 valence electrons. The molecule has 1 rings (SSSR count). The molecule has 1 atom stereocenters. The number of carbonyl (C=O) groups is 1. The van der Waals surface area contributed by atoms with Crippen LogP contribution in [0.2, 0.25) is 0 Å². The molecule has 4 nitrogen and oxygen atoms in total. The summed E-state index contributed by atoms with van der Waals surface area (Å²) in [4.78, 5) is 11.8. The number of hydrogen-bond acceptors (Lipinski definition) is 4. The Morgan fingerprint density at radius 1 is 1.44 bits per heavy atom. The summed E-state index contributed by atoms with van der Waals surface area (Å²) in [6, 6.07) is 0. The van der Waals surface area contributed by atoms with E-state index in [2.05, 4.69) is 0 Å². The van der Waals surface area contributed by atoms with Gasteiger partial charge in [-0.15, -0.1) is 0 Å². The predicted octanol–water partition coefficient (Wildman–Crippen LogP) is 1.62. The van der Waals surface area contributed by atoms with E-state index in [9.17, 15) is 4.79 Å². The summed E-state index contributed by atoms with van der Waals surface area (Å²) in [6.45, 7) is 4.93.